The van der Waals surface area contributed by atoms with Crippen LogP contribution in [-0.4, -0.2) is 22.2 Å². The Bertz CT molecular complexity index is 633. The maximum absolute atomic E-state index is 9.87. The Hall–Kier alpha value is -1.39. The van der Waals surface area contributed by atoms with Crippen molar-refractivity contribution < 1.29 is 9.52 Å². The van der Waals surface area contributed by atoms with E-state index < -0.39 is 0 Å². The Kier molecular flexibility index (Phi) is 4.00. The van der Waals surface area contributed by atoms with E-state index in [2.05, 4.69) is 43.2 Å². The van der Waals surface area contributed by atoms with Gasteiger partial charge in [0, 0.05) is 18.5 Å². The molecule has 4 nitrogen and oxygen atoms in total. The highest BCUT2D eigenvalue weighted by atomic mass is 16.3. The first kappa shape index (κ1) is 14.5. The van der Waals surface area contributed by atoms with Crippen LogP contribution in [0.1, 0.15) is 56.0 Å². The summed E-state index contributed by atoms with van der Waals surface area (Å²) in [5.74, 6) is 1.09. The van der Waals surface area contributed by atoms with E-state index in [4.69, 9.17) is 4.42 Å². The van der Waals surface area contributed by atoms with Crippen molar-refractivity contribution in [3.63, 3.8) is 0 Å². The maximum Gasteiger partial charge on any atom is 0.198 e. The molecule has 1 aliphatic rings. The minimum absolute atomic E-state index is 0.200. The van der Waals surface area contributed by atoms with Gasteiger partial charge in [-0.2, -0.15) is 0 Å². The number of nitrogens with one attached hydrogen (secondary N) is 1. The minimum atomic E-state index is -0.200. The predicted molar refractivity (Wildman–Crippen MR) is 83.3 cm³/mol. The molecule has 3 rings (SSSR count). The second-order valence-corrected chi connectivity index (χ2v) is 6.45. The number of aliphatic hydroxyl groups is 1. The van der Waals surface area contributed by atoms with Gasteiger partial charge < -0.3 is 14.8 Å². The van der Waals surface area contributed by atoms with Crippen molar-refractivity contribution in [2.75, 3.05) is 0 Å². The number of rotatable bonds is 4. The summed E-state index contributed by atoms with van der Waals surface area (Å²) < 4.78 is 5.84. The summed E-state index contributed by atoms with van der Waals surface area (Å²) in [4.78, 5) is 4.58. The first-order chi connectivity index (χ1) is 10.0. The average molecular weight is 288 g/mol. The zero-order valence-corrected chi connectivity index (χ0v) is 13.0. The summed E-state index contributed by atoms with van der Waals surface area (Å²) in [6, 6.07) is 4.46. The number of hydrogen-bond acceptors (Lipinski definition) is 4. The molecule has 0 saturated heterocycles. The summed E-state index contributed by atoms with van der Waals surface area (Å²) in [6.45, 7) is 7.00. The fourth-order valence-electron chi connectivity index (χ4n) is 3.07. The Labute approximate surface area is 125 Å². The lowest BCUT2D eigenvalue weighted by atomic mass is 10.1. The first-order valence-electron chi connectivity index (χ1n) is 7.86. The normalized spacial score (nSPS) is 22.5. The van der Waals surface area contributed by atoms with Gasteiger partial charge in [-0.15, -0.1) is 0 Å². The van der Waals surface area contributed by atoms with Gasteiger partial charge in [-0.1, -0.05) is 19.9 Å². The molecule has 0 aliphatic heterocycles. The van der Waals surface area contributed by atoms with E-state index in [1.807, 2.05) is 0 Å². The second-order valence-electron chi connectivity index (χ2n) is 6.45. The molecule has 21 heavy (non-hydrogen) atoms. The van der Waals surface area contributed by atoms with Crippen molar-refractivity contribution in [2.24, 2.45) is 0 Å². The third-order valence-corrected chi connectivity index (χ3v) is 4.29. The van der Waals surface area contributed by atoms with Crippen molar-refractivity contribution >= 4 is 11.1 Å². The highest BCUT2D eigenvalue weighted by Crippen LogP contribution is 2.26. The van der Waals surface area contributed by atoms with Gasteiger partial charge in [-0.3, -0.25) is 0 Å². The van der Waals surface area contributed by atoms with E-state index in [1.54, 1.807) is 0 Å². The Balaban J connectivity index is 1.79. The van der Waals surface area contributed by atoms with Crippen molar-refractivity contribution in [1.29, 1.82) is 0 Å². The van der Waals surface area contributed by atoms with Crippen LogP contribution in [0.25, 0.3) is 11.1 Å². The molecule has 1 aliphatic carbocycles. The van der Waals surface area contributed by atoms with Crippen molar-refractivity contribution in [3.05, 3.63) is 29.2 Å². The molecule has 0 spiro atoms. The van der Waals surface area contributed by atoms with Crippen molar-refractivity contribution in [2.45, 2.75) is 64.6 Å². The van der Waals surface area contributed by atoms with Gasteiger partial charge in [0.05, 0.1) is 6.10 Å². The minimum Gasteiger partial charge on any atom is -0.440 e. The van der Waals surface area contributed by atoms with Crippen LogP contribution in [0.15, 0.2) is 16.5 Å². The molecule has 1 aromatic carbocycles. The number of aliphatic hydroxyl groups excluding tert-OH is 1. The van der Waals surface area contributed by atoms with Gasteiger partial charge in [0.25, 0.3) is 0 Å². The fraction of sp³-hybridized carbons (Fsp3) is 0.588. The quantitative estimate of drug-likeness (QED) is 0.906. The van der Waals surface area contributed by atoms with E-state index in [0.717, 1.165) is 48.4 Å². The summed E-state index contributed by atoms with van der Waals surface area (Å²) in [6.07, 6.45) is 2.88. The molecule has 0 bridgehead atoms. The van der Waals surface area contributed by atoms with Crippen LogP contribution in [0.5, 0.6) is 0 Å². The predicted octanol–water partition coefficient (Wildman–Crippen LogP) is 3.26. The lowest BCUT2D eigenvalue weighted by Gasteiger charge is -2.16. The fourth-order valence-corrected chi connectivity index (χ4v) is 3.07. The zero-order valence-electron chi connectivity index (χ0n) is 13.0. The summed E-state index contributed by atoms with van der Waals surface area (Å²) in [5.41, 5.74) is 4.14. The van der Waals surface area contributed by atoms with E-state index in [1.165, 1.54) is 5.56 Å². The molecule has 2 atom stereocenters. The number of aryl methyl sites for hydroxylation is 1. The molecular formula is C17H24N2O2. The van der Waals surface area contributed by atoms with Gasteiger partial charge in [0.15, 0.2) is 11.5 Å². The molecule has 114 valence electrons. The van der Waals surface area contributed by atoms with E-state index in [0.29, 0.717) is 5.92 Å². The van der Waals surface area contributed by atoms with Crippen LogP contribution in [0.2, 0.25) is 0 Å². The molecule has 2 N–H and O–H groups in total. The Morgan fingerprint density at radius 3 is 2.86 bits per heavy atom. The largest absolute Gasteiger partial charge is 0.440 e. The Morgan fingerprint density at radius 2 is 2.19 bits per heavy atom. The number of nitrogens with zero attached hydrogens (tertiary/aromatic N) is 1. The maximum atomic E-state index is 9.87. The monoisotopic (exact) mass is 288 g/mol. The summed E-state index contributed by atoms with van der Waals surface area (Å²) in [5, 5.41) is 13.3. The molecule has 1 saturated carbocycles. The topological polar surface area (TPSA) is 58.3 Å². The molecule has 0 amide bonds. The smallest absolute Gasteiger partial charge is 0.198 e. The van der Waals surface area contributed by atoms with Crippen LogP contribution in [0.4, 0.5) is 0 Å². The second kappa shape index (κ2) is 5.78. The molecule has 4 heteroatoms. The summed E-state index contributed by atoms with van der Waals surface area (Å²) >= 11 is 0. The molecule has 1 heterocycles. The van der Waals surface area contributed by atoms with Gasteiger partial charge in [0.2, 0.25) is 0 Å². The highest BCUT2D eigenvalue weighted by Gasteiger charge is 2.24. The van der Waals surface area contributed by atoms with Crippen LogP contribution in [0.3, 0.4) is 0 Å². The molecular weight excluding hydrogens is 264 g/mol. The van der Waals surface area contributed by atoms with E-state index in [9.17, 15) is 5.11 Å². The standard InChI is InChI=1S/C17H24N2O2/c1-10(2)17-19-14-8-12(7-11(3)16(14)21-17)9-18-13-5-4-6-15(13)20/h7-8,10,13,15,18,20H,4-6,9H2,1-3H3/t13-,15-/m0/s1. The molecule has 0 unspecified atom stereocenters. The number of aromatic nitrogens is 1. The molecule has 0 radical (unpaired) electrons. The Morgan fingerprint density at radius 1 is 1.38 bits per heavy atom. The van der Waals surface area contributed by atoms with Gasteiger partial charge in [-0.05, 0) is 43.4 Å². The SMILES string of the molecule is Cc1cc(CN[C@H]2CCC[C@@H]2O)cc2nc(C(C)C)oc12. The van der Waals surface area contributed by atoms with Crippen LogP contribution < -0.4 is 5.32 Å². The molecule has 2 aromatic rings. The van der Waals surface area contributed by atoms with Gasteiger partial charge in [0.1, 0.15) is 5.52 Å². The number of fused-ring (bicyclic) bond motifs is 1. The third kappa shape index (κ3) is 2.97. The number of benzene rings is 1. The number of hydrogen-bond donors (Lipinski definition) is 2. The van der Waals surface area contributed by atoms with Gasteiger partial charge >= 0.3 is 0 Å². The lowest BCUT2D eigenvalue weighted by Crippen LogP contribution is -2.35. The van der Waals surface area contributed by atoms with Crippen molar-refractivity contribution in [3.8, 4) is 0 Å². The average Bonchev–Trinajstić information content (AvgIpc) is 3.03. The molecule has 1 fully saturated rings. The third-order valence-electron chi connectivity index (χ3n) is 4.29. The van der Waals surface area contributed by atoms with Crippen LogP contribution in [-0.2, 0) is 6.54 Å². The number of oxazole rings is 1. The zero-order chi connectivity index (χ0) is 15.0. The first-order valence-corrected chi connectivity index (χ1v) is 7.86. The molecule has 1 aromatic heterocycles. The van der Waals surface area contributed by atoms with E-state index >= 15 is 0 Å². The summed E-state index contributed by atoms with van der Waals surface area (Å²) in [7, 11) is 0. The van der Waals surface area contributed by atoms with Crippen LogP contribution in [0, 0.1) is 6.92 Å². The van der Waals surface area contributed by atoms with Gasteiger partial charge in [-0.25, -0.2) is 4.98 Å². The van der Waals surface area contributed by atoms with E-state index in [-0.39, 0.29) is 12.1 Å². The highest BCUT2D eigenvalue weighted by molar-refractivity contribution is 5.77. The van der Waals surface area contributed by atoms with Crippen molar-refractivity contribution in [1.82, 2.24) is 10.3 Å². The van der Waals surface area contributed by atoms with Crippen LogP contribution >= 0.6 is 0 Å². The lowest BCUT2D eigenvalue weighted by molar-refractivity contribution is 0.148.